The normalized spacial score (nSPS) is 22.9. The zero-order chi connectivity index (χ0) is 21.8. The average Bonchev–Trinajstić information content (AvgIpc) is 3.20. The lowest BCUT2D eigenvalue weighted by Crippen LogP contribution is -2.43. The predicted molar refractivity (Wildman–Crippen MR) is 125 cm³/mol. The molecule has 5 rings (SSSR count). The first-order chi connectivity index (χ1) is 14.8. The van der Waals surface area contributed by atoms with E-state index in [1.807, 2.05) is 6.07 Å². The zero-order valence-corrected chi connectivity index (χ0v) is 19.4. The highest BCUT2D eigenvalue weighted by Crippen LogP contribution is 2.38. The van der Waals surface area contributed by atoms with Crippen molar-refractivity contribution in [2.45, 2.75) is 50.4 Å². The molecule has 0 aromatic carbocycles. The smallest absolute Gasteiger partial charge is 0.137 e. The molecule has 0 radical (unpaired) electrons. The van der Waals surface area contributed by atoms with Gasteiger partial charge in [0.1, 0.15) is 17.3 Å². The Morgan fingerprint density at radius 3 is 2.74 bits per heavy atom. The first-order valence-corrected chi connectivity index (χ1v) is 13.1. The average molecular weight is 459 g/mol. The summed E-state index contributed by atoms with van der Waals surface area (Å²) in [6.45, 7) is 4.48. The molecule has 1 aliphatic carbocycles. The van der Waals surface area contributed by atoms with E-state index in [1.165, 1.54) is 0 Å². The molecule has 3 aliphatic rings. The molecule has 1 saturated heterocycles. The van der Waals surface area contributed by atoms with Crippen molar-refractivity contribution < 1.29 is 4.21 Å². The van der Waals surface area contributed by atoms with Gasteiger partial charge in [-0.2, -0.15) is 0 Å². The summed E-state index contributed by atoms with van der Waals surface area (Å²) in [6, 6.07) is 2.25. The number of fused-ring (bicyclic) bond motifs is 2. The van der Waals surface area contributed by atoms with Crippen molar-refractivity contribution in [2.24, 2.45) is 0 Å². The minimum Gasteiger partial charge on any atom is -0.363 e. The number of nitrogens with zero attached hydrogens (tertiary/aromatic N) is 5. The van der Waals surface area contributed by atoms with Crippen molar-refractivity contribution in [3.63, 3.8) is 0 Å². The number of allylic oxidation sites excluding steroid dienone is 1. The highest BCUT2D eigenvalue weighted by molar-refractivity contribution is 7.92. The van der Waals surface area contributed by atoms with Gasteiger partial charge < -0.3 is 9.80 Å². The molecular formula is C22H27ClN6OS. The fourth-order valence-corrected chi connectivity index (χ4v) is 6.34. The highest BCUT2D eigenvalue weighted by atomic mass is 35.5. The first-order valence-electron chi connectivity index (χ1n) is 10.7. The lowest BCUT2D eigenvalue weighted by atomic mass is 9.97. The molecule has 31 heavy (non-hydrogen) atoms. The Labute approximate surface area is 188 Å². The number of nitrogens with one attached hydrogen (secondary N) is 1. The number of piperidine rings is 1. The van der Waals surface area contributed by atoms with Gasteiger partial charge in [-0.3, -0.25) is 4.78 Å². The van der Waals surface area contributed by atoms with E-state index in [2.05, 4.69) is 43.8 Å². The van der Waals surface area contributed by atoms with Gasteiger partial charge in [0.15, 0.2) is 0 Å². The Balaban J connectivity index is 1.47. The molecule has 1 N–H and O–H groups in total. The summed E-state index contributed by atoms with van der Waals surface area (Å²) in [7, 11) is -2.50. The van der Waals surface area contributed by atoms with Crippen LogP contribution in [0.1, 0.15) is 42.3 Å². The molecule has 0 amide bonds. The number of aromatic nitrogens is 3. The van der Waals surface area contributed by atoms with E-state index in [-0.39, 0.29) is 11.3 Å². The minimum atomic E-state index is -2.50. The maximum Gasteiger partial charge on any atom is 0.137 e. The van der Waals surface area contributed by atoms with Crippen LogP contribution in [0.5, 0.6) is 0 Å². The molecule has 0 bridgehead atoms. The van der Waals surface area contributed by atoms with Crippen LogP contribution in [0.3, 0.4) is 0 Å². The standard InChI is InChI=1S/C22H27ClN6OS/c1-14-10-19-17(12-29(14)20-11-21(23)27-18-5-3-4-16(18)20)22(26-13-25-19)28-8-6-15(7-9-28)31(2,24)30/h3-4,11,13-15,24H,5-10,12H2,1-2H3/t14-,31?/m1/s1. The van der Waals surface area contributed by atoms with Crippen LogP contribution in [0.4, 0.5) is 11.5 Å². The summed E-state index contributed by atoms with van der Waals surface area (Å²) in [5.74, 6) is 0.972. The lowest BCUT2D eigenvalue weighted by Gasteiger charge is -2.40. The van der Waals surface area contributed by atoms with Crippen molar-refractivity contribution in [3.05, 3.63) is 46.1 Å². The summed E-state index contributed by atoms with van der Waals surface area (Å²) in [4.78, 5) is 18.4. The second kappa shape index (κ2) is 7.74. The third kappa shape index (κ3) is 3.80. The van der Waals surface area contributed by atoms with Gasteiger partial charge in [0, 0.05) is 76.6 Å². The summed E-state index contributed by atoms with van der Waals surface area (Å²) in [5.41, 5.74) is 5.57. The molecule has 2 atom stereocenters. The number of rotatable bonds is 3. The van der Waals surface area contributed by atoms with Gasteiger partial charge in [-0.05, 0) is 25.8 Å². The molecular weight excluding hydrogens is 432 g/mol. The number of pyridine rings is 1. The Bertz CT molecular complexity index is 1160. The lowest BCUT2D eigenvalue weighted by molar-refractivity contribution is 0.548. The van der Waals surface area contributed by atoms with Crippen LogP contribution in [0.25, 0.3) is 6.08 Å². The van der Waals surface area contributed by atoms with Gasteiger partial charge in [-0.1, -0.05) is 23.8 Å². The van der Waals surface area contributed by atoms with Crippen molar-refractivity contribution in [1.29, 1.82) is 4.78 Å². The third-order valence-corrected chi connectivity index (χ3v) is 8.67. The number of halogens is 1. The molecule has 164 valence electrons. The van der Waals surface area contributed by atoms with Gasteiger partial charge in [-0.25, -0.2) is 19.2 Å². The minimum absolute atomic E-state index is 0.0359. The largest absolute Gasteiger partial charge is 0.363 e. The van der Waals surface area contributed by atoms with Gasteiger partial charge in [0.05, 0.1) is 11.4 Å². The van der Waals surface area contributed by atoms with Crippen LogP contribution in [0.15, 0.2) is 18.5 Å². The van der Waals surface area contributed by atoms with E-state index in [1.54, 1.807) is 12.6 Å². The SMILES string of the molecule is C[C@@H]1Cc2ncnc(N3CCC(S(C)(=N)=O)CC3)c2CN1c1cc(Cl)nc2c1C=CC2. The fraction of sp³-hybridized carbons (Fsp3) is 0.500. The van der Waals surface area contributed by atoms with E-state index in [0.29, 0.717) is 5.15 Å². The number of hydrogen-bond donors (Lipinski definition) is 1. The Morgan fingerprint density at radius 1 is 1.23 bits per heavy atom. The molecule has 0 saturated carbocycles. The fourth-order valence-electron chi connectivity index (χ4n) is 5.03. The molecule has 2 aliphatic heterocycles. The summed E-state index contributed by atoms with van der Waals surface area (Å²) >= 11 is 6.36. The number of hydrogen-bond acceptors (Lipinski definition) is 7. The molecule has 7 nitrogen and oxygen atoms in total. The van der Waals surface area contributed by atoms with Crippen LogP contribution >= 0.6 is 11.6 Å². The van der Waals surface area contributed by atoms with Crippen molar-refractivity contribution >= 4 is 38.9 Å². The molecule has 9 heteroatoms. The molecule has 2 aromatic heterocycles. The highest BCUT2D eigenvalue weighted by Gasteiger charge is 2.32. The van der Waals surface area contributed by atoms with E-state index in [0.717, 1.165) is 79.3 Å². The summed E-state index contributed by atoms with van der Waals surface area (Å²) in [5, 5.41) is 0.492. The van der Waals surface area contributed by atoms with E-state index >= 15 is 0 Å². The first kappa shape index (κ1) is 20.7. The van der Waals surface area contributed by atoms with Crippen LogP contribution in [-0.4, -0.2) is 49.8 Å². The molecule has 4 heterocycles. The van der Waals surface area contributed by atoms with Crippen LogP contribution in [0, 0.1) is 4.78 Å². The van der Waals surface area contributed by atoms with Gasteiger partial charge >= 0.3 is 0 Å². The number of anilines is 2. The van der Waals surface area contributed by atoms with Gasteiger partial charge in [0.2, 0.25) is 0 Å². The molecule has 1 fully saturated rings. The van der Waals surface area contributed by atoms with E-state index < -0.39 is 9.73 Å². The second-order valence-electron chi connectivity index (χ2n) is 8.82. The third-order valence-electron chi connectivity index (χ3n) is 6.73. The predicted octanol–water partition coefficient (Wildman–Crippen LogP) is 3.69. The molecule has 2 aromatic rings. The van der Waals surface area contributed by atoms with Crippen molar-refractivity contribution in [2.75, 3.05) is 29.1 Å². The van der Waals surface area contributed by atoms with Crippen LogP contribution < -0.4 is 9.80 Å². The van der Waals surface area contributed by atoms with Gasteiger partial charge in [-0.15, -0.1) is 0 Å². The summed E-state index contributed by atoms with van der Waals surface area (Å²) < 4.78 is 20.1. The summed E-state index contributed by atoms with van der Waals surface area (Å²) in [6.07, 6.45) is 10.7. The van der Waals surface area contributed by atoms with Crippen molar-refractivity contribution in [3.8, 4) is 0 Å². The topological polar surface area (TPSA) is 86.1 Å². The van der Waals surface area contributed by atoms with Crippen LogP contribution in [-0.2, 0) is 29.1 Å². The molecule has 0 spiro atoms. The maximum atomic E-state index is 12.2. The Morgan fingerprint density at radius 2 is 2.00 bits per heavy atom. The Hall–Kier alpha value is -2.19. The van der Waals surface area contributed by atoms with Crippen molar-refractivity contribution in [1.82, 2.24) is 15.0 Å². The monoisotopic (exact) mass is 458 g/mol. The maximum absolute atomic E-state index is 12.2. The van der Waals surface area contributed by atoms with Crippen LogP contribution in [0.2, 0.25) is 5.15 Å². The molecule has 1 unspecified atom stereocenters. The zero-order valence-electron chi connectivity index (χ0n) is 17.8. The second-order valence-corrected chi connectivity index (χ2v) is 11.7. The van der Waals surface area contributed by atoms with E-state index in [9.17, 15) is 4.21 Å². The Kier molecular flexibility index (Phi) is 5.17. The van der Waals surface area contributed by atoms with Gasteiger partial charge in [0.25, 0.3) is 0 Å². The van der Waals surface area contributed by atoms with E-state index in [4.69, 9.17) is 16.4 Å². The quantitative estimate of drug-likeness (QED) is 0.706.